The van der Waals surface area contributed by atoms with Crippen LogP contribution in [0.4, 0.5) is 17.1 Å². The summed E-state index contributed by atoms with van der Waals surface area (Å²) in [7, 11) is 0. The lowest BCUT2D eigenvalue weighted by Gasteiger charge is -2.28. The fourth-order valence-corrected chi connectivity index (χ4v) is 9.03. The Morgan fingerprint density at radius 1 is 0.385 bits per heavy atom. The van der Waals surface area contributed by atoms with Crippen LogP contribution in [-0.4, -0.2) is 4.57 Å². The molecular formula is C62H40N2O. The van der Waals surface area contributed by atoms with Crippen LogP contribution in [0.3, 0.4) is 0 Å². The molecule has 11 aromatic carbocycles. The minimum absolute atomic E-state index is 0.188. The van der Waals surface area contributed by atoms with Gasteiger partial charge in [-0.3, -0.25) is 0 Å². The number of para-hydroxylation sites is 3. The molecule has 13 aromatic rings. The van der Waals surface area contributed by atoms with Gasteiger partial charge in [-0.05, 0) is 117 Å². The zero-order chi connectivity index (χ0) is 55.9. The summed E-state index contributed by atoms with van der Waals surface area (Å²) in [5.74, 6) is 0. The van der Waals surface area contributed by atoms with Crippen molar-refractivity contribution < 1.29 is 25.0 Å². The number of fused-ring (bicyclic) bond motifs is 9. The van der Waals surface area contributed by atoms with Crippen molar-refractivity contribution in [2.24, 2.45) is 0 Å². The van der Waals surface area contributed by atoms with Crippen LogP contribution in [0.15, 0.2) is 247 Å². The van der Waals surface area contributed by atoms with Gasteiger partial charge < -0.3 is 13.9 Å². The first kappa shape index (κ1) is 24.8. The number of benzene rings is 11. The second-order valence-electron chi connectivity index (χ2n) is 15.7. The minimum Gasteiger partial charge on any atom is -0.455 e. The Morgan fingerprint density at radius 2 is 1.03 bits per heavy atom. The monoisotopic (exact) mass is 843 g/mol. The van der Waals surface area contributed by atoms with Crippen molar-refractivity contribution in [3.05, 3.63) is 242 Å². The van der Waals surface area contributed by atoms with E-state index in [1.807, 2.05) is 133 Å². The number of rotatable bonds is 7. The van der Waals surface area contributed by atoms with Gasteiger partial charge in [0.15, 0.2) is 0 Å². The van der Waals surface area contributed by atoms with Gasteiger partial charge in [0.25, 0.3) is 0 Å². The van der Waals surface area contributed by atoms with Crippen molar-refractivity contribution in [2.75, 3.05) is 4.90 Å². The molecule has 0 aliphatic heterocycles. The molecule has 0 unspecified atom stereocenters. The SMILES string of the molecule is [2H]c1c([2H])c(-c2c([2H])c([2H])c([2H])c3c([2H])c([2H])c([2H])c([2H])c23)c([2H])c([2H])c1-c1c([2H])c([2H])c(N(c2ccc(-n3c4ccccc4c4ccccc43)cc2)c2ccccc2-c2ccc3oc4c5ccccc5ccc4c3c2)c([2H])c1[2H]. The molecule has 0 spiro atoms. The lowest BCUT2D eigenvalue weighted by atomic mass is 9.96. The fourth-order valence-electron chi connectivity index (χ4n) is 9.03. The minimum atomic E-state index is -0.837. The Balaban J connectivity index is 1.02. The predicted molar refractivity (Wildman–Crippen MR) is 274 cm³/mol. The first-order chi connectivity index (χ1) is 38.5. The highest BCUT2D eigenvalue weighted by molar-refractivity contribution is 6.16. The second-order valence-corrected chi connectivity index (χ2v) is 15.7. The molecule has 2 heterocycles. The summed E-state index contributed by atoms with van der Waals surface area (Å²) in [6, 6.07) is 38.1. The lowest BCUT2D eigenvalue weighted by Crippen LogP contribution is -2.11. The van der Waals surface area contributed by atoms with Gasteiger partial charge in [-0.25, -0.2) is 0 Å². The van der Waals surface area contributed by atoms with Crippen LogP contribution < -0.4 is 4.90 Å². The molecule has 0 N–H and O–H groups in total. The molecule has 2 aromatic heterocycles. The Hall–Kier alpha value is -8.66. The van der Waals surface area contributed by atoms with E-state index in [0.717, 1.165) is 60.2 Å². The van der Waals surface area contributed by atoms with E-state index in [4.69, 9.17) is 14.0 Å². The molecule has 0 aliphatic carbocycles. The van der Waals surface area contributed by atoms with Crippen LogP contribution in [-0.2, 0) is 0 Å². The Labute approximate surface area is 397 Å². The third kappa shape index (κ3) is 6.12. The van der Waals surface area contributed by atoms with Gasteiger partial charge in [-0.1, -0.05) is 170 Å². The van der Waals surface area contributed by atoms with Crippen molar-refractivity contribution in [1.82, 2.24) is 4.57 Å². The van der Waals surface area contributed by atoms with Gasteiger partial charge >= 0.3 is 0 Å². The molecule has 0 atom stereocenters. The first-order valence-corrected chi connectivity index (χ1v) is 21.0. The largest absolute Gasteiger partial charge is 0.455 e. The fraction of sp³-hybridized carbons (Fsp3) is 0. The van der Waals surface area contributed by atoms with Crippen molar-refractivity contribution in [3.8, 4) is 39.1 Å². The number of hydrogen-bond donors (Lipinski definition) is 0. The highest BCUT2D eigenvalue weighted by atomic mass is 16.3. The van der Waals surface area contributed by atoms with Gasteiger partial charge in [-0.15, -0.1) is 0 Å². The molecule has 13 rings (SSSR count). The second kappa shape index (κ2) is 15.0. The van der Waals surface area contributed by atoms with E-state index in [-0.39, 0.29) is 5.69 Å². The molecule has 0 amide bonds. The van der Waals surface area contributed by atoms with Gasteiger partial charge in [0, 0.05) is 49.6 Å². The first-order valence-electron chi connectivity index (χ1n) is 28.5. The van der Waals surface area contributed by atoms with E-state index >= 15 is 0 Å². The molecule has 0 radical (unpaired) electrons. The maximum atomic E-state index is 9.87. The molecule has 3 heteroatoms. The van der Waals surface area contributed by atoms with E-state index in [9.17, 15) is 11.0 Å². The summed E-state index contributed by atoms with van der Waals surface area (Å²) in [5, 5.41) is 4.99. The normalized spacial score (nSPS) is 14.9. The smallest absolute Gasteiger partial charge is 0.143 e. The van der Waals surface area contributed by atoms with Gasteiger partial charge in [0.05, 0.1) is 37.3 Å². The maximum Gasteiger partial charge on any atom is 0.143 e. The molecule has 0 saturated carbocycles. The predicted octanol–water partition coefficient (Wildman–Crippen LogP) is 17.5. The summed E-state index contributed by atoms with van der Waals surface area (Å²) in [6.07, 6.45) is 0. The third-order valence-electron chi connectivity index (χ3n) is 12.0. The van der Waals surface area contributed by atoms with Crippen LogP contribution in [0.5, 0.6) is 0 Å². The third-order valence-corrected chi connectivity index (χ3v) is 12.0. The van der Waals surface area contributed by atoms with E-state index in [1.54, 1.807) is 4.90 Å². The molecule has 3 nitrogen and oxygen atoms in total. The number of anilines is 3. The highest BCUT2D eigenvalue weighted by Gasteiger charge is 2.20. The van der Waals surface area contributed by atoms with Crippen molar-refractivity contribution >= 4 is 82.4 Å². The molecular weight excluding hydrogens is 789 g/mol. The van der Waals surface area contributed by atoms with Crippen LogP contribution in [0, 0.1) is 0 Å². The van der Waals surface area contributed by atoms with Gasteiger partial charge in [0.1, 0.15) is 11.2 Å². The standard InChI is InChI=1S/C62H40N2O/c1-3-15-50-43(12-1)14-11-20-51(50)45-26-24-41(25-27-45)42-28-32-47(33-29-42)63(48-34-36-49(37-35-48)64-59-22-9-6-18-54(59)55-19-7-10-23-60(55)64)58-21-8-5-16-52(58)46-31-39-61-57(40-46)56-38-30-44-13-2-4-17-53(44)62(56)65-61/h1-40H/i1D,3D,11D,12D,14D,15D,20D,24D,25D,26D,27D,28D,29D,32D,33D. The summed E-state index contributed by atoms with van der Waals surface area (Å²) < 4.78 is 145. The maximum absolute atomic E-state index is 9.87. The number of furan rings is 1. The topological polar surface area (TPSA) is 21.3 Å². The zero-order valence-corrected chi connectivity index (χ0v) is 34.2. The number of nitrogens with zero attached hydrogens (tertiary/aromatic N) is 2. The Morgan fingerprint density at radius 3 is 1.82 bits per heavy atom. The average Bonchev–Trinajstić information content (AvgIpc) is 4.16. The summed E-state index contributed by atoms with van der Waals surface area (Å²) in [5.41, 5.74) is 4.04. The average molecular weight is 844 g/mol. The van der Waals surface area contributed by atoms with E-state index < -0.39 is 124 Å². The summed E-state index contributed by atoms with van der Waals surface area (Å²) >= 11 is 0. The number of hydrogen-bond acceptors (Lipinski definition) is 2. The zero-order valence-electron chi connectivity index (χ0n) is 49.2. The van der Waals surface area contributed by atoms with Gasteiger partial charge in [-0.2, -0.15) is 0 Å². The lowest BCUT2D eigenvalue weighted by molar-refractivity contribution is 0.672. The molecule has 0 fully saturated rings. The molecule has 65 heavy (non-hydrogen) atoms. The molecule has 0 aliphatic rings. The Kier molecular flexibility index (Phi) is 5.74. The molecule has 0 saturated heterocycles. The van der Waals surface area contributed by atoms with Crippen LogP contribution in [0.1, 0.15) is 20.6 Å². The quantitative estimate of drug-likeness (QED) is 0.159. The number of aromatic nitrogens is 1. The van der Waals surface area contributed by atoms with E-state index in [1.165, 1.54) is 0 Å². The van der Waals surface area contributed by atoms with E-state index in [0.29, 0.717) is 22.5 Å². The molecule has 304 valence electrons. The summed E-state index contributed by atoms with van der Waals surface area (Å²) in [6.45, 7) is 0. The van der Waals surface area contributed by atoms with Crippen molar-refractivity contribution in [1.29, 1.82) is 0 Å². The van der Waals surface area contributed by atoms with Crippen LogP contribution >= 0.6 is 0 Å². The van der Waals surface area contributed by atoms with Crippen molar-refractivity contribution in [3.63, 3.8) is 0 Å². The summed E-state index contributed by atoms with van der Waals surface area (Å²) in [4.78, 5) is 1.65. The molecule has 0 bridgehead atoms. The van der Waals surface area contributed by atoms with E-state index in [2.05, 4.69) is 22.8 Å². The van der Waals surface area contributed by atoms with Gasteiger partial charge in [0.2, 0.25) is 0 Å². The van der Waals surface area contributed by atoms with Crippen molar-refractivity contribution in [2.45, 2.75) is 0 Å². The Bertz CT molecular complexity index is 4740. The highest BCUT2D eigenvalue weighted by Crippen LogP contribution is 2.44. The van der Waals surface area contributed by atoms with Crippen LogP contribution in [0.25, 0.3) is 104 Å². The van der Waals surface area contributed by atoms with Crippen LogP contribution in [0.2, 0.25) is 0 Å².